The number of hydrogen-bond acceptors (Lipinski definition) is 3. The summed E-state index contributed by atoms with van der Waals surface area (Å²) in [6.45, 7) is 18.0. The zero-order valence-corrected chi connectivity index (χ0v) is 23.5. The Balaban J connectivity index is 0.00000432. The molecule has 0 bridgehead atoms. The van der Waals surface area contributed by atoms with Crippen LogP contribution in [0.4, 0.5) is 0 Å². The van der Waals surface area contributed by atoms with Gasteiger partial charge in [0.25, 0.3) is 8.32 Å². The van der Waals surface area contributed by atoms with Gasteiger partial charge in [-0.3, -0.25) is 0 Å². The summed E-state index contributed by atoms with van der Waals surface area (Å²) >= 11 is 0. The molecule has 3 aromatic carbocycles. The van der Waals surface area contributed by atoms with Crippen LogP contribution in [0.15, 0.2) is 84.9 Å². The van der Waals surface area contributed by atoms with Crippen molar-refractivity contribution in [3.8, 4) is 0 Å². The predicted molar refractivity (Wildman–Crippen MR) is 145 cm³/mol. The average molecular weight is 480 g/mol. The fourth-order valence-electron chi connectivity index (χ4n) is 4.67. The molecule has 5 heteroatoms. The minimum atomic E-state index is -2.65. The van der Waals surface area contributed by atoms with Crippen molar-refractivity contribution in [3.05, 3.63) is 95.4 Å². The third-order valence-electron chi connectivity index (χ3n) is 6.35. The molecular weight excluding hydrogens is 441 g/mol. The molecule has 0 aliphatic carbocycles. The van der Waals surface area contributed by atoms with Crippen LogP contribution in [-0.4, -0.2) is 31.9 Å². The summed E-state index contributed by atoms with van der Waals surface area (Å²) < 4.78 is 7.04. The number of hydrogen-bond donors (Lipinski definition) is 0. The summed E-state index contributed by atoms with van der Waals surface area (Å²) in [7, 11) is -2.65. The summed E-state index contributed by atoms with van der Waals surface area (Å²) in [6.07, 6.45) is 0. The molecule has 0 spiro atoms. The minimum Gasteiger partial charge on any atom is -0.860 e. The molecule has 0 saturated heterocycles. The van der Waals surface area contributed by atoms with Gasteiger partial charge in [-0.1, -0.05) is 112 Å². The zero-order valence-electron chi connectivity index (χ0n) is 22.5. The van der Waals surface area contributed by atoms with Gasteiger partial charge in [0.15, 0.2) is 0 Å². The minimum absolute atomic E-state index is 0. The fraction of sp³-hybridized carbons (Fsp3) is 0.333. The molecule has 0 heterocycles. The van der Waals surface area contributed by atoms with Gasteiger partial charge in [0, 0.05) is 12.1 Å². The van der Waals surface area contributed by atoms with E-state index in [9.17, 15) is 5.11 Å². The van der Waals surface area contributed by atoms with Crippen LogP contribution in [0.3, 0.4) is 0 Å². The molecular formula is C30H38LiNO2Si. The van der Waals surface area contributed by atoms with Gasteiger partial charge in [0.2, 0.25) is 0 Å². The molecule has 0 N–H and O–H groups in total. The third kappa shape index (κ3) is 6.32. The molecule has 3 nitrogen and oxygen atoms in total. The van der Waals surface area contributed by atoms with Crippen molar-refractivity contribution < 1.29 is 28.4 Å². The molecule has 3 aromatic rings. The van der Waals surface area contributed by atoms with E-state index in [0.29, 0.717) is 18.4 Å². The van der Waals surface area contributed by atoms with Crippen LogP contribution < -0.4 is 44.8 Å². The quantitative estimate of drug-likeness (QED) is 0.455. The van der Waals surface area contributed by atoms with E-state index >= 15 is 0 Å². The van der Waals surface area contributed by atoms with Gasteiger partial charge in [0.05, 0.1) is 6.61 Å². The van der Waals surface area contributed by atoms with E-state index < -0.39 is 8.32 Å². The van der Waals surface area contributed by atoms with Crippen LogP contribution in [0.25, 0.3) is 12.5 Å². The van der Waals surface area contributed by atoms with E-state index in [-0.39, 0.29) is 35.3 Å². The van der Waals surface area contributed by atoms with E-state index in [1.54, 1.807) is 0 Å². The summed E-state index contributed by atoms with van der Waals surface area (Å²) in [4.78, 5) is 1.91. The summed E-state index contributed by atoms with van der Waals surface area (Å²) in [6, 6.07) is 28.7. The predicted octanol–water partition coefficient (Wildman–Crippen LogP) is 0.204. The molecule has 35 heavy (non-hydrogen) atoms. The Morgan fingerprint density at radius 1 is 0.800 bits per heavy atom. The van der Waals surface area contributed by atoms with Crippen molar-refractivity contribution in [1.82, 2.24) is 4.90 Å². The Morgan fingerprint density at radius 3 is 1.69 bits per heavy atom. The second-order valence-electron chi connectivity index (χ2n) is 10.8. The SMILES string of the molecule is C=c1cccc/c1=C(/[O-])N(CCO[Si](c1ccccc1)(c1ccccc1)C(C)(C)C)C(C)(C)C.[Li+]. The van der Waals surface area contributed by atoms with Gasteiger partial charge in [-0.25, -0.2) is 0 Å². The van der Waals surface area contributed by atoms with E-state index in [0.717, 1.165) is 5.22 Å². The number of nitrogens with zero attached hydrogens (tertiary/aromatic N) is 1. The maximum absolute atomic E-state index is 13.5. The Kier molecular flexibility index (Phi) is 9.67. The van der Waals surface area contributed by atoms with Crippen molar-refractivity contribution in [3.63, 3.8) is 0 Å². The molecule has 0 atom stereocenters. The molecule has 0 aliphatic heterocycles. The first-order chi connectivity index (χ1) is 16.0. The Morgan fingerprint density at radius 2 is 1.26 bits per heavy atom. The van der Waals surface area contributed by atoms with E-state index in [1.807, 2.05) is 41.3 Å². The van der Waals surface area contributed by atoms with Crippen LogP contribution in [-0.2, 0) is 4.43 Å². The molecule has 0 radical (unpaired) electrons. The van der Waals surface area contributed by atoms with Crippen LogP contribution in [0.5, 0.6) is 0 Å². The van der Waals surface area contributed by atoms with E-state index in [2.05, 4.69) is 96.7 Å². The monoisotopic (exact) mass is 479 g/mol. The Hall–Kier alpha value is -2.23. The maximum atomic E-state index is 13.5. The van der Waals surface area contributed by atoms with Crippen molar-refractivity contribution >= 4 is 31.2 Å². The zero-order chi connectivity index (χ0) is 25.0. The van der Waals surface area contributed by atoms with Gasteiger partial charge in [-0.2, -0.15) is 0 Å². The molecule has 0 aliphatic rings. The van der Waals surface area contributed by atoms with Gasteiger partial charge in [-0.15, -0.1) is 0 Å². The normalized spacial score (nSPS) is 13.1. The molecule has 0 unspecified atom stereocenters. The van der Waals surface area contributed by atoms with Crippen LogP contribution in [0.2, 0.25) is 5.04 Å². The standard InChI is InChI=1S/C30H39NO2Si.Li/c1-24-16-14-15-21-27(24)28(32)31(29(2,3)4)22-23-33-34(30(5,6)7,25-17-10-8-11-18-25)26-19-12-9-13-20-26;/h8-21,32H,1,22-23H2,2-7H3;/q;+1/p-1/b28-27-;. The third-order valence-corrected chi connectivity index (χ3v) is 11.4. The van der Waals surface area contributed by atoms with E-state index in [1.165, 1.54) is 10.4 Å². The van der Waals surface area contributed by atoms with Crippen molar-refractivity contribution in [2.24, 2.45) is 0 Å². The van der Waals surface area contributed by atoms with Crippen LogP contribution in [0.1, 0.15) is 41.5 Å². The topological polar surface area (TPSA) is 35.5 Å². The number of benzene rings is 3. The van der Waals surface area contributed by atoms with Crippen LogP contribution >= 0.6 is 0 Å². The summed E-state index contributed by atoms with van der Waals surface area (Å²) in [5.74, 6) is -0.0100. The first kappa shape index (κ1) is 29.0. The maximum Gasteiger partial charge on any atom is 1.00 e. The van der Waals surface area contributed by atoms with Gasteiger partial charge in [0.1, 0.15) is 0 Å². The summed E-state index contributed by atoms with van der Waals surface area (Å²) in [5.41, 5.74) is -0.353. The van der Waals surface area contributed by atoms with E-state index in [4.69, 9.17) is 4.43 Å². The van der Waals surface area contributed by atoms with Gasteiger partial charge >= 0.3 is 18.9 Å². The van der Waals surface area contributed by atoms with Crippen molar-refractivity contribution in [1.29, 1.82) is 0 Å². The molecule has 0 aromatic heterocycles. The molecule has 0 fully saturated rings. The second-order valence-corrected chi connectivity index (χ2v) is 15.1. The second kappa shape index (κ2) is 11.7. The average Bonchev–Trinajstić information content (AvgIpc) is 2.79. The molecule has 3 rings (SSSR count). The Bertz CT molecular complexity index is 1150. The van der Waals surface area contributed by atoms with Gasteiger partial charge in [-0.05, 0) is 52.5 Å². The first-order valence-corrected chi connectivity index (χ1v) is 13.9. The molecule has 0 amide bonds. The van der Waals surface area contributed by atoms with Crippen molar-refractivity contribution in [2.45, 2.75) is 52.1 Å². The molecule has 180 valence electrons. The largest absolute Gasteiger partial charge is 1.00 e. The van der Waals surface area contributed by atoms with Crippen LogP contribution in [0, 0.1) is 0 Å². The summed E-state index contributed by atoms with van der Waals surface area (Å²) in [5, 5.41) is 17.3. The smallest absolute Gasteiger partial charge is 0.860 e. The van der Waals surface area contributed by atoms with Crippen molar-refractivity contribution in [2.75, 3.05) is 13.2 Å². The first-order valence-electron chi connectivity index (χ1n) is 12.0. The van der Waals surface area contributed by atoms with Gasteiger partial charge < -0.3 is 14.4 Å². The Labute approximate surface area is 224 Å². The number of rotatable bonds is 7. The molecule has 0 saturated carbocycles. The fourth-order valence-corrected chi connectivity index (χ4v) is 9.22.